The van der Waals surface area contributed by atoms with Crippen molar-refractivity contribution in [3.63, 3.8) is 0 Å². The molecule has 1 aromatic rings. The summed E-state index contributed by atoms with van der Waals surface area (Å²) in [5, 5.41) is 3.20. The highest BCUT2D eigenvalue weighted by molar-refractivity contribution is 5.30. The second kappa shape index (κ2) is 6.41. The molecule has 0 aliphatic carbocycles. The molecule has 1 saturated heterocycles. The summed E-state index contributed by atoms with van der Waals surface area (Å²) in [4.78, 5) is 2.38. The topological polar surface area (TPSA) is 15.3 Å². The van der Waals surface area contributed by atoms with Gasteiger partial charge in [-0.25, -0.2) is 8.78 Å². The van der Waals surface area contributed by atoms with E-state index in [0.717, 1.165) is 13.1 Å². The minimum atomic E-state index is -0.734. The number of aryl methyl sites for hydroxylation is 1. The highest BCUT2D eigenvalue weighted by Crippen LogP contribution is 2.35. The van der Waals surface area contributed by atoms with Crippen LogP contribution < -0.4 is 5.32 Å². The van der Waals surface area contributed by atoms with Crippen LogP contribution in [0.2, 0.25) is 0 Å². The van der Waals surface area contributed by atoms with E-state index in [0.29, 0.717) is 11.1 Å². The van der Waals surface area contributed by atoms with Gasteiger partial charge in [0.15, 0.2) is 11.6 Å². The molecule has 1 aliphatic heterocycles. The Morgan fingerprint density at radius 2 is 1.71 bits per heavy atom. The molecule has 0 radical (unpaired) electrons. The molecular formula is C17H26F2N2. The Bertz CT molecular complexity index is 494. The highest BCUT2D eigenvalue weighted by atomic mass is 19.2. The third-order valence-corrected chi connectivity index (χ3v) is 4.78. The molecule has 4 heteroatoms. The molecule has 1 N–H and O–H groups in total. The lowest BCUT2D eigenvalue weighted by atomic mass is 9.85. The summed E-state index contributed by atoms with van der Waals surface area (Å²) in [6, 6.07) is 3.12. The van der Waals surface area contributed by atoms with E-state index in [-0.39, 0.29) is 11.6 Å². The maximum absolute atomic E-state index is 14.4. The first kappa shape index (κ1) is 16.4. The van der Waals surface area contributed by atoms with Crippen LogP contribution in [0.1, 0.15) is 50.3 Å². The molecule has 1 fully saturated rings. The zero-order valence-corrected chi connectivity index (χ0v) is 13.5. The van der Waals surface area contributed by atoms with E-state index in [1.165, 1.54) is 19.3 Å². The summed E-state index contributed by atoms with van der Waals surface area (Å²) in [5.41, 5.74) is 0.496. The molecule has 0 spiro atoms. The van der Waals surface area contributed by atoms with Gasteiger partial charge in [-0.1, -0.05) is 18.6 Å². The average Bonchev–Trinajstić information content (AvgIpc) is 2.48. The van der Waals surface area contributed by atoms with Gasteiger partial charge >= 0.3 is 0 Å². The number of hydrogen-bond acceptors (Lipinski definition) is 2. The Morgan fingerprint density at radius 3 is 2.29 bits per heavy atom. The van der Waals surface area contributed by atoms with E-state index in [9.17, 15) is 8.78 Å². The van der Waals surface area contributed by atoms with E-state index >= 15 is 0 Å². The number of hydrogen-bond donors (Lipinski definition) is 1. The molecule has 0 amide bonds. The smallest absolute Gasteiger partial charge is 0.163 e. The van der Waals surface area contributed by atoms with Crippen molar-refractivity contribution >= 4 is 0 Å². The maximum atomic E-state index is 14.4. The predicted molar refractivity (Wildman–Crippen MR) is 82.4 cm³/mol. The number of likely N-dealkylation sites (N-methyl/N-ethyl adjacent to an activating group) is 1. The van der Waals surface area contributed by atoms with Crippen LogP contribution in [0.5, 0.6) is 0 Å². The number of benzene rings is 1. The van der Waals surface area contributed by atoms with Gasteiger partial charge in [0.2, 0.25) is 0 Å². The van der Waals surface area contributed by atoms with Crippen molar-refractivity contribution in [1.29, 1.82) is 0 Å². The summed E-state index contributed by atoms with van der Waals surface area (Å²) in [5.74, 6) is -1.46. The van der Waals surface area contributed by atoms with Crippen LogP contribution >= 0.6 is 0 Å². The molecule has 1 aromatic carbocycles. The Labute approximate surface area is 126 Å². The average molecular weight is 296 g/mol. The number of nitrogens with zero attached hydrogens (tertiary/aromatic N) is 1. The minimum absolute atomic E-state index is 0.245. The predicted octanol–water partition coefficient (Wildman–Crippen LogP) is 3.80. The van der Waals surface area contributed by atoms with Gasteiger partial charge in [-0.3, -0.25) is 4.90 Å². The van der Waals surface area contributed by atoms with Gasteiger partial charge in [-0.2, -0.15) is 0 Å². The van der Waals surface area contributed by atoms with Gasteiger partial charge in [-0.05, 0) is 59.3 Å². The zero-order chi connectivity index (χ0) is 15.6. The molecule has 2 nitrogen and oxygen atoms in total. The normalized spacial score (nSPS) is 18.8. The van der Waals surface area contributed by atoms with Crippen molar-refractivity contribution in [3.05, 3.63) is 34.9 Å². The molecule has 0 aromatic heterocycles. The first-order valence-corrected chi connectivity index (χ1v) is 7.76. The third-order valence-electron chi connectivity index (χ3n) is 4.78. The third kappa shape index (κ3) is 3.11. The summed E-state index contributed by atoms with van der Waals surface area (Å²) in [6.45, 7) is 7.84. The van der Waals surface area contributed by atoms with Crippen molar-refractivity contribution in [2.24, 2.45) is 0 Å². The van der Waals surface area contributed by atoms with Gasteiger partial charge in [0.05, 0.1) is 6.04 Å². The number of halogens is 2. The van der Waals surface area contributed by atoms with Crippen molar-refractivity contribution in [2.75, 3.05) is 20.1 Å². The van der Waals surface area contributed by atoms with Crippen LogP contribution in [-0.2, 0) is 0 Å². The fourth-order valence-corrected chi connectivity index (χ4v) is 3.43. The summed E-state index contributed by atoms with van der Waals surface area (Å²) in [7, 11) is 1.81. The number of likely N-dealkylation sites (tertiary alicyclic amines) is 1. The second-order valence-electron chi connectivity index (χ2n) is 6.52. The van der Waals surface area contributed by atoms with Crippen LogP contribution in [0.15, 0.2) is 12.1 Å². The van der Waals surface area contributed by atoms with E-state index < -0.39 is 11.6 Å². The number of nitrogens with one attached hydrogen (secondary N) is 1. The first-order chi connectivity index (χ1) is 9.89. The lowest BCUT2D eigenvalue weighted by molar-refractivity contribution is 0.0619. The highest BCUT2D eigenvalue weighted by Gasteiger charge is 2.37. The molecule has 21 heavy (non-hydrogen) atoms. The van der Waals surface area contributed by atoms with Crippen LogP contribution in [0.3, 0.4) is 0 Å². The first-order valence-electron chi connectivity index (χ1n) is 7.76. The van der Waals surface area contributed by atoms with E-state index in [1.807, 2.05) is 7.05 Å². The van der Waals surface area contributed by atoms with Crippen molar-refractivity contribution < 1.29 is 8.78 Å². The standard InChI is InChI=1S/C17H26F2N2/c1-12-8-9-13(15(19)14(12)18)16(20-4)17(2,3)21-10-6-5-7-11-21/h8-9,16,20H,5-7,10-11H2,1-4H3. The second-order valence-corrected chi connectivity index (χ2v) is 6.52. The van der Waals surface area contributed by atoms with Gasteiger partial charge in [-0.15, -0.1) is 0 Å². The van der Waals surface area contributed by atoms with Crippen LogP contribution in [-0.4, -0.2) is 30.6 Å². The van der Waals surface area contributed by atoms with Gasteiger partial charge < -0.3 is 5.32 Å². The lowest BCUT2D eigenvalue weighted by Crippen LogP contribution is -2.54. The van der Waals surface area contributed by atoms with Crippen molar-refractivity contribution in [2.45, 2.75) is 51.6 Å². The monoisotopic (exact) mass is 296 g/mol. The Kier molecular flexibility index (Phi) is 4.99. The summed E-state index contributed by atoms with van der Waals surface area (Å²) >= 11 is 0. The molecular weight excluding hydrogens is 270 g/mol. The molecule has 1 atom stereocenters. The molecule has 1 heterocycles. The largest absolute Gasteiger partial charge is 0.311 e. The van der Waals surface area contributed by atoms with Gasteiger partial charge in [0, 0.05) is 11.1 Å². The number of rotatable bonds is 4. The SMILES string of the molecule is CNC(c1ccc(C)c(F)c1F)C(C)(C)N1CCCCC1. The Hall–Kier alpha value is -1.00. The van der Waals surface area contributed by atoms with Gasteiger partial charge in [0.25, 0.3) is 0 Å². The fraction of sp³-hybridized carbons (Fsp3) is 0.647. The molecule has 0 bridgehead atoms. The quantitative estimate of drug-likeness (QED) is 0.909. The van der Waals surface area contributed by atoms with Gasteiger partial charge in [0.1, 0.15) is 0 Å². The van der Waals surface area contributed by atoms with E-state index in [2.05, 4.69) is 24.1 Å². The van der Waals surface area contributed by atoms with Crippen LogP contribution in [0.25, 0.3) is 0 Å². The molecule has 1 unspecified atom stereocenters. The Morgan fingerprint density at radius 1 is 1.10 bits per heavy atom. The summed E-state index contributed by atoms with van der Waals surface area (Å²) < 4.78 is 28.3. The number of piperidine rings is 1. The van der Waals surface area contributed by atoms with Crippen molar-refractivity contribution in [3.8, 4) is 0 Å². The van der Waals surface area contributed by atoms with E-state index in [4.69, 9.17) is 0 Å². The zero-order valence-electron chi connectivity index (χ0n) is 13.5. The summed E-state index contributed by atoms with van der Waals surface area (Å²) in [6.07, 6.45) is 3.60. The minimum Gasteiger partial charge on any atom is -0.311 e. The maximum Gasteiger partial charge on any atom is 0.163 e. The lowest BCUT2D eigenvalue weighted by Gasteiger charge is -2.46. The molecule has 1 aliphatic rings. The molecule has 118 valence electrons. The van der Waals surface area contributed by atoms with E-state index in [1.54, 1.807) is 19.1 Å². The fourth-order valence-electron chi connectivity index (χ4n) is 3.43. The van der Waals surface area contributed by atoms with Crippen LogP contribution in [0.4, 0.5) is 8.78 Å². The van der Waals surface area contributed by atoms with Crippen molar-refractivity contribution in [1.82, 2.24) is 10.2 Å². The molecule has 0 saturated carbocycles. The molecule has 2 rings (SSSR count). The van der Waals surface area contributed by atoms with Crippen LogP contribution in [0, 0.1) is 18.6 Å². The Balaban J connectivity index is 2.36.